The van der Waals surface area contributed by atoms with Crippen LogP contribution in [0.1, 0.15) is 10.4 Å². The zero-order chi connectivity index (χ0) is 13.2. The molecule has 1 aromatic carbocycles. The highest BCUT2D eigenvalue weighted by atomic mass is 35.5. The van der Waals surface area contributed by atoms with Crippen molar-refractivity contribution in [3.8, 4) is 0 Å². The van der Waals surface area contributed by atoms with Crippen molar-refractivity contribution < 1.29 is 4.79 Å². The highest BCUT2D eigenvalue weighted by Crippen LogP contribution is 2.16. The second kappa shape index (κ2) is 4.74. The van der Waals surface area contributed by atoms with Crippen molar-refractivity contribution in [2.45, 2.75) is 0 Å². The largest absolute Gasteiger partial charge is 0.361 e. The second-order valence-electron chi connectivity index (χ2n) is 4.10. The third-order valence-electron chi connectivity index (χ3n) is 2.80. The molecular weight excluding hydrogens is 262 g/mol. The van der Waals surface area contributed by atoms with Gasteiger partial charge in [0.1, 0.15) is 5.15 Å². The fraction of sp³-hybridized carbons (Fsp3) is 0. The van der Waals surface area contributed by atoms with Gasteiger partial charge in [0.05, 0.1) is 11.9 Å². The number of aromatic amines is 1. The number of carbonyl (C=O) groups is 1. The van der Waals surface area contributed by atoms with E-state index in [1.807, 2.05) is 24.4 Å². The molecule has 1 amide bonds. The van der Waals surface area contributed by atoms with E-state index in [0.717, 1.165) is 10.9 Å². The van der Waals surface area contributed by atoms with Gasteiger partial charge in [-0.1, -0.05) is 11.6 Å². The number of carbonyl (C=O) groups excluding carboxylic acids is 1. The molecule has 19 heavy (non-hydrogen) atoms. The van der Waals surface area contributed by atoms with Crippen molar-refractivity contribution in [1.82, 2.24) is 9.97 Å². The third kappa shape index (κ3) is 2.44. The van der Waals surface area contributed by atoms with Crippen LogP contribution in [-0.4, -0.2) is 15.9 Å². The predicted molar refractivity (Wildman–Crippen MR) is 75.5 cm³/mol. The number of amides is 1. The number of aromatic nitrogens is 2. The van der Waals surface area contributed by atoms with E-state index in [1.165, 1.54) is 6.20 Å². The van der Waals surface area contributed by atoms with Crippen LogP contribution in [0.5, 0.6) is 0 Å². The van der Waals surface area contributed by atoms with Gasteiger partial charge in [-0.05, 0) is 36.4 Å². The smallest absolute Gasteiger partial charge is 0.255 e. The first-order chi connectivity index (χ1) is 9.22. The Kier molecular flexibility index (Phi) is 2.93. The van der Waals surface area contributed by atoms with Crippen LogP contribution in [0.3, 0.4) is 0 Å². The molecule has 5 heteroatoms. The quantitative estimate of drug-likeness (QED) is 0.701. The molecule has 0 radical (unpaired) electrons. The van der Waals surface area contributed by atoms with Crippen LogP contribution in [0.2, 0.25) is 5.15 Å². The second-order valence-corrected chi connectivity index (χ2v) is 4.49. The normalized spacial score (nSPS) is 10.6. The van der Waals surface area contributed by atoms with Gasteiger partial charge in [0.15, 0.2) is 0 Å². The Hall–Kier alpha value is -2.33. The standard InChI is InChI=1S/C14H10ClN3O/c15-13-4-2-11(8-17-13)18-14(19)10-1-3-12-9(7-10)5-6-16-12/h1-8,16H,(H,18,19). The molecule has 0 aliphatic carbocycles. The molecule has 0 spiro atoms. The number of nitrogens with zero attached hydrogens (tertiary/aromatic N) is 1. The summed E-state index contributed by atoms with van der Waals surface area (Å²) < 4.78 is 0. The minimum Gasteiger partial charge on any atom is -0.361 e. The summed E-state index contributed by atoms with van der Waals surface area (Å²) in [5.74, 6) is -0.174. The average molecular weight is 272 g/mol. The molecule has 0 aliphatic heterocycles. The van der Waals surface area contributed by atoms with Crippen molar-refractivity contribution in [2.24, 2.45) is 0 Å². The summed E-state index contributed by atoms with van der Waals surface area (Å²) in [4.78, 5) is 19.1. The maximum absolute atomic E-state index is 12.1. The zero-order valence-electron chi connectivity index (χ0n) is 9.85. The number of hydrogen-bond donors (Lipinski definition) is 2. The van der Waals surface area contributed by atoms with Crippen LogP contribution in [-0.2, 0) is 0 Å². The molecule has 4 nitrogen and oxygen atoms in total. The molecule has 0 bridgehead atoms. The zero-order valence-corrected chi connectivity index (χ0v) is 10.6. The molecule has 0 atom stereocenters. The van der Waals surface area contributed by atoms with Crippen molar-refractivity contribution in [2.75, 3.05) is 5.32 Å². The minimum absolute atomic E-state index is 0.174. The van der Waals surface area contributed by atoms with Crippen LogP contribution in [0, 0.1) is 0 Å². The first kappa shape index (κ1) is 11.7. The molecule has 2 N–H and O–H groups in total. The summed E-state index contributed by atoms with van der Waals surface area (Å²) in [5, 5.41) is 4.17. The number of halogens is 1. The van der Waals surface area contributed by atoms with Gasteiger partial charge in [0.2, 0.25) is 0 Å². The molecule has 0 saturated heterocycles. The van der Waals surface area contributed by atoms with Crippen molar-refractivity contribution in [3.63, 3.8) is 0 Å². The molecule has 2 heterocycles. The number of H-pyrrole nitrogens is 1. The lowest BCUT2D eigenvalue weighted by atomic mass is 10.1. The maximum atomic E-state index is 12.1. The predicted octanol–water partition coefficient (Wildman–Crippen LogP) is 3.47. The van der Waals surface area contributed by atoms with Crippen LogP contribution >= 0.6 is 11.6 Å². The summed E-state index contributed by atoms with van der Waals surface area (Å²) in [6, 6.07) is 10.8. The highest BCUT2D eigenvalue weighted by molar-refractivity contribution is 6.29. The maximum Gasteiger partial charge on any atom is 0.255 e. The lowest BCUT2D eigenvalue weighted by Gasteiger charge is -2.05. The number of anilines is 1. The third-order valence-corrected chi connectivity index (χ3v) is 3.02. The Bertz CT molecular complexity index is 734. The Labute approximate surface area is 114 Å². The topological polar surface area (TPSA) is 57.8 Å². The Morgan fingerprint density at radius 3 is 2.89 bits per heavy atom. The molecule has 0 fully saturated rings. The summed E-state index contributed by atoms with van der Waals surface area (Å²) in [6.45, 7) is 0. The van der Waals surface area contributed by atoms with Crippen LogP contribution < -0.4 is 5.32 Å². The molecular formula is C14H10ClN3O. The molecule has 0 unspecified atom stereocenters. The Morgan fingerprint density at radius 2 is 2.11 bits per heavy atom. The minimum atomic E-state index is -0.174. The number of hydrogen-bond acceptors (Lipinski definition) is 2. The van der Waals surface area contributed by atoms with Gasteiger partial charge in [0.25, 0.3) is 5.91 Å². The summed E-state index contributed by atoms with van der Waals surface area (Å²) >= 11 is 5.69. The number of pyridine rings is 1. The van der Waals surface area contributed by atoms with E-state index in [0.29, 0.717) is 16.4 Å². The van der Waals surface area contributed by atoms with E-state index >= 15 is 0 Å². The van der Waals surface area contributed by atoms with Gasteiger partial charge in [0, 0.05) is 22.7 Å². The van der Waals surface area contributed by atoms with E-state index in [4.69, 9.17) is 11.6 Å². The first-order valence-electron chi connectivity index (χ1n) is 5.72. The first-order valence-corrected chi connectivity index (χ1v) is 6.10. The number of benzene rings is 1. The van der Waals surface area contributed by atoms with Crippen LogP contribution in [0.4, 0.5) is 5.69 Å². The van der Waals surface area contributed by atoms with E-state index < -0.39 is 0 Å². The summed E-state index contributed by atoms with van der Waals surface area (Å²) in [7, 11) is 0. The summed E-state index contributed by atoms with van der Waals surface area (Å²) in [5.41, 5.74) is 2.22. The molecule has 0 aliphatic rings. The van der Waals surface area contributed by atoms with E-state index in [2.05, 4.69) is 15.3 Å². The monoisotopic (exact) mass is 271 g/mol. The molecule has 3 aromatic rings. The lowest BCUT2D eigenvalue weighted by Crippen LogP contribution is -2.11. The lowest BCUT2D eigenvalue weighted by molar-refractivity contribution is 0.102. The van der Waals surface area contributed by atoms with Crippen LogP contribution in [0.15, 0.2) is 48.8 Å². The van der Waals surface area contributed by atoms with Gasteiger partial charge in [-0.25, -0.2) is 4.98 Å². The van der Waals surface area contributed by atoms with Gasteiger partial charge in [-0.15, -0.1) is 0 Å². The highest BCUT2D eigenvalue weighted by Gasteiger charge is 2.07. The number of rotatable bonds is 2. The Balaban J connectivity index is 1.84. The number of fused-ring (bicyclic) bond motifs is 1. The van der Waals surface area contributed by atoms with Crippen molar-refractivity contribution in [3.05, 3.63) is 59.5 Å². The number of nitrogens with one attached hydrogen (secondary N) is 2. The van der Waals surface area contributed by atoms with Crippen molar-refractivity contribution in [1.29, 1.82) is 0 Å². The average Bonchev–Trinajstić information content (AvgIpc) is 2.88. The SMILES string of the molecule is O=C(Nc1ccc(Cl)nc1)c1ccc2[nH]ccc2c1. The Morgan fingerprint density at radius 1 is 1.21 bits per heavy atom. The van der Waals surface area contributed by atoms with Crippen molar-refractivity contribution >= 4 is 34.1 Å². The van der Waals surface area contributed by atoms with E-state index in [1.54, 1.807) is 18.2 Å². The van der Waals surface area contributed by atoms with Crippen LogP contribution in [0.25, 0.3) is 10.9 Å². The van der Waals surface area contributed by atoms with Gasteiger partial charge in [-0.3, -0.25) is 4.79 Å². The fourth-order valence-electron chi connectivity index (χ4n) is 1.85. The molecule has 94 valence electrons. The molecule has 3 rings (SSSR count). The van der Waals surface area contributed by atoms with E-state index in [9.17, 15) is 4.79 Å². The van der Waals surface area contributed by atoms with Gasteiger partial charge >= 0.3 is 0 Å². The van der Waals surface area contributed by atoms with Gasteiger partial charge in [-0.2, -0.15) is 0 Å². The summed E-state index contributed by atoms with van der Waals surface area (Å²) in [6.07, 6.45) is 3.37. The molecule has 2 aromatic heterocycles. The van der Waals surface area contributed by atoms with Gasteiger partial charge < -0.3 is 10.3 Å². The molecule has 0 saturated carbocycles. The fourth-order valence-corrected chi connectivity index (χ4v) is 1.96. The van der Waals surface area contributed by atoms with E-state index in [-0.39, 0.29) is 5.91 Å².